The number of benzene rings is 2. The van der Waals surface area contributed by atoms with Crippen molar-refractivity contribution in [2.45, 2.75) is 37.1 Å². The fraction of sp³-hybridized carbons (Fsp3) is 0.278. The minimum absolute atomic E-state index is 0.0404. The molecule has 2 aromatic carbocycles. The average Bonchev–Trinajstić information content (AvgIpc) is 2.46. The Morgan fingerprint density at radius 2 is 1.67 bits per heavy atom. The Hall–Kier alpha value is -1.74. The summed E-state index contributed by atoms with van der Waals surface area (Å²) in [6.45, 7) is 4.11. The van der Waals surface area contributed by atoms with Crippen molar-refractivity contribution in [2.75, 3.05) is 0 Å². The van der Waals surface area contributed by atoms with E-state index in [2.05, 4.69) is 43.9 Å². The molecule has 0 bridgehead atoms. The molecule has 0 saturated heterocycles. The first kappa shape index (κ1) is 15.6. The summed E-state index contributed by atoms with van der Waals surface area (Å²) in [7, 11) is 0. The van der Waals surface area contributed by atoms with Crippen LogP contribution in [0.5, 0.6) is 0 Å². The molecule has 0 unspecified atom stereocenters. The van der Waals surface area contributed by atoms with E-state index in [1.165, 1.54) is 5.56 Å². The molecule has 1 N–H and O–H groups in total. The van der Waals surface area contributed by atoms with Gasteiger partial charge < -0.3 is 5.32 Å². The Kier molecular flexibility index (Phi) is 5.07. The predicted molar refractivity (Wildman–Crippen MR) is 90.0 cm³/mol. The number of hydrogen-bond donors (Lipinski definition) is 2. The summed E-state index contributed by atoms with van der Waals surface area (Å²) >= 11 is 4.23. The molecule has 0 aliphatic carbocycles. The maximum Gasteiger partial charge on any atom is 0.251 e. The molecule has 2 aromatic rings. The highest BCUT2D eigenvalue weighted by Crippen LogP contribution is 2.15. The van der Waals surface area contributed by atoms with Crippen LogP contribution in [0.1, 0.15) is 36.2 Å². The first-order chi connectivity index (χ1) is 9.96. The van der Waals surface area contributed by atoms with Gasteiger partial charge in [-0.15, -0.1) is 12.6 Å². The summed E-state index contributed by atoms with van der Waals surface area (Å²) in [5, 5.41) is 3.10. The summed E-state index contributed by atoms with van der Waals surface area (Å²) < 4.78 is 0. The van der Waals surface area contributed by atoms with Crippen molar-refractivity contribution in [1.29, 1.82) is 0 Å². The van der Waals surface area contributed by atoms with E-state index in [-0.39, 0.29) is 11.4 Å². The summed E-state index contributed by atoms with van der Waals surface area (Å²) in [6.07, 6.45) is 1.84. The molecule has 0 fully saturated rings. The molecule has 0 aromatic heterocycles. The van der Waals surface area contributed by atoms with Crippen LogP contribution in [0, 0.1) is 0 Å². The third-order valence-electron chi connectivity index (χ3n) is 3.46. The number of carbonyl (C=O) groups is 1. The molecule has 3 heteroatoms. The molecular weight excluding hydrogens is 278 g/mol. The predicted octanol–water partition coefficient (Wildman–Crippen LogP) is 4.12. The minimum Gasteiger partial charge on any atom is -0.347 e. The van der Waals surface area contributed by atoms with Crippen molar-refractivity contribution < 1.29 is 4.79 Å². The summed E-state index contributed by atoms with van der Waals surface area (Å²) in [5.74, 6) is -0.0404. The van der Waals surface area contributed by atoms with E-state index in [9.17, 15) is 4.79 Å². The van der Waals surface area contributed by atoms with Crippen molar-refractivity contribution >= 4 is 18.5 Å². The normalized spacial score (nSPS) is 11.2. The van der Waals surface area contributed by atoms with Crippen LogP contribution in [0.15, 0.2) is 59.5 Å². The molecule has 0 heterocycles. The number of hydrogen-bond acceptors (Lipinski definition) is 2. The van der Waals surface area contributed by atoms with E-state index in [0.29, 0.717) is 5.56 Å². The van der Waals surface area contributed by atoms with E-state index < -0.39 is 0 Å². The van der Waals surface area contributed by atoms with Crippen LogP contribution in [0.3, 0.4) is 0 Å². The molecule has 0 saturated carbocycles. The lowest BCUT2D eigenvalue weighted by molar-refractivity contribution is 0.0909. The van der Waals surface area contributed by atoms with Crippen molar-refractivity contribution in [1.82, 2.24) is 5.32 Å². The third-order valence-corrected chi connectivity index (χ3v) is 3.76. The molecule has 0 aliphatic rings. The van der Waals surface area contributed by atoms with Crippen molar-refractivity contribution in [3.63, 3.8) is 0 Å². The number of rotatable bonds is 5. The number of aryl methyl sites for hydroxylation is 1. The van der Waals surface area contributed by atoms with Crippen LogP contribution in [0.2, 0.25) is 0 Å². The van der Waals surface area contributed by atoms with Gasteiger partial charge in [0.05, 0.1) is 0 Å². The van der Waals surface area contributed by atoms with Crippen LogP contribution in [0.4, 0.5) is 0 Å². The SMILES string of the molecule is CC(C)(CCc1ccccc1)NC(=O)c1ccc(S)cc1. The first-order valence-electron chi connectivity index (χ1n) is 7.12. The van der Waals surface area contributed by atoms with Gasteiger partial charge >= 0.3 is 0 Å². The molecular formula is C18H21NOS. The Bertz CT molecular complexity index is 590. The van der Waals surface area contributed by atoms with Gasteiger partial charge in [-0.1, -0.05) is 30.3 Å². The molecule has 0 spiro atoms. The zero-order chi connectivity index (χ0) is 15.3. The second kappa shape index (κ2) is 6.81. The van der Waals surface area contributed by atoms with Crippen LogP contribution in [-0.4, -0.2) is 11.4 Å². The molecule has 0 atom stereocenters. The van der Waals surface area contributed by atoms with Crippen LogP contribution in [0.25, 0.3) is 0 Å². The van der Waals surface area contributed by atoms with E-state index in [4.69, 9.17) is 0 Å². The first-order valence-corrected chi connectivity index (χ1v) is 7.56. The fourth-order valence-electron chi connectivity index (χ4n) is 2.16. The van der Waals surface area contributed by atoms with Gasteiger partial charge in [-0.2, -0.15) is 0 Å². The van der Waals surface area contributed by atoms with Crippen LogP contribution >= 0.6 is 12.6 Å². The Balaban J connectivity index is 1.93. The Labute approximate surface area is 132 Å². The Morgan fingerprint density at radius 1 is 1.05 bits per heavy atom. The molecule has 0 radical (unpaired) electrons. The highest BCUT2D eigenvalue weighted by Gasteiger charge is 2.20. The lowest BCUT2D eigenvalue weighted by Gasteiger charge is -2.26. The zero-order valence-corrected chi connectivity index (χ0v) is 13.4. The van der Waals surface area contributed by atoms with Gasteiger partial charge in [-0.05, 0) is 56.5 Å². The van der Waals surface area contributed by atoms with Crippen LogP contribution < -0.4 is 5.32 Å². The van der Waals surface area contributed by atoms with Gasteiger partial charge in [0.15, 0.2) is 0 Å². The number of carbonyl (C=O) groups excluding carboxylic acids is 1. The largest absolute Gasteiger partial charge is 0.347 e. The van der Waals surface area contributed by atoms with E-state index in [1.54, 1.807) is 12.1 Å². The maximum absolute atomic E-state index is 12.2. The molecule has 0 aliphatic heterocycles. The van der Waals surface area contributed by atoms with Gasteiger partial charge in [0.1, 0.15) is 0 Å². The monoisotopic (exact) mass is 299 g/mol. The summed E-state index contributed by atoms with van der Waals surface area (Å²) in [5.41, 5.74) is 1.71. The van der Waals surface area contributed by atoms with Gasteiger partial charge in [0, 0.05) is 16.0 Å². The lowest BCUT2D eigenvalue weighted by Crippen LogP contribution is -2.43. The second-order valence-electron chi connectivity index (χ2n) is 5.87. The number of amides is 1. The number of thiol groups is 1. The molecule has 2 nitrogen and oxygen atoms in total. The molecule has 2 rings (SSSR count). The van der Waals surface area contributed by atoms with Gasteiger partial charge in [0.25, 0.3) is 5.91 Å². The van der Waals surface area contributed by atoms with Gasteiger partial charge in [-0.25, -0.2) is 0 Å². The lowest BCUT2D eigenvalue weighted by atomic mass is 9.95. The quantitative estimate of drug-likeness (QED) is 0.799. The standard InChI is InChI=1S/C18H21NOS/c1-18(2,13-12-14-6-4-3-5-7-14)19-17(20)15-8-10-16(21)11-9-15/h3-11,21H,12-13H2,1-2H3,(H,19,20). The molecule has 110 valence electrons. The van der Waals surface area contributed by atoms with Crippen molar-refractivity contribution in [3.8, 4) is 0 Å². The maximum atomic E-state index is 12.2. The average molecular weight is 299 g/mol. The van der Waals surface area contributed by atoms with Crippen molar-refractivity contribution in [2.24, 2.45) is 0 Å². The zero-order valence-electron chi connectivity index (χ0n) is 12.5. The van der Waals surface area contributed by atoms with Gasteiger partial charge in [-0.3, -0.25) is 4.79 Å². The van der Waals surface area contributed by atoms with E-state index in [0.717, 1.165) is 17.7 Å². The second-order valence-corrected chi connectivity index (χ2v) is 6.39. The van der Waals surface area contributed by atoms with Crippen LogP contribution in [-0.2, 0) is 6.42 Å². The van der Waals surface area contributed by atoms with Crippen molar-refractivity contribution in [3.05, 3.63) is 65.7 Å². The molecule has 1 amide bonds. The Morgan fingerprint density at radius 3 is 2.29 bits per heavy atom. The summed E-state index contributed by atoms with van der Waals surface area (Å²) in [4.78, 5) is 13.1. The number of nitrogens with one attached hydrogen (secondary N) is 1. The van der Waals surface area contributed by atoms with E-state index >= 15 is 0 Å². The third kappa shape index (κ3) is 4.94. The highest BCUT2D eigenvalue weighted by atomic mass is 32.1. The fourth-order valence-corrected chi connectivity index (χ4v) is 2.31. The van der Waals surface area contributed by atoms with E-state index in [1.807, 2.05) is 30.3 Å². The highest BCUT2D eigenvalue weighted by molar-refractivity contribution is 7.80. The molecule has 21 heavy (non-hydrogen) atoms. The topological polar surface area (TPSA) is 29.1 Å². The van der Waals surface area contributed by atoms with Gasteiger partial charge in [0.2, 0.25) is 0 Å². The smallest absolute Gasteiger partial charge is 0.251 e. The summed E-state index contributed by atoms with van der Waals surface area (Å²) in [6, 6.07) is 17.6. The minimum atomic E-state index is -0.243.